The maximum absolute atomic E-state index is 13.1. The van der Waals surface area contributed by atoms with Crippen LogP contribution in [-0.2, 0) is 11.3 Å². The van der Waals surface area contributed by atoms with E-state index < -0.39 is 0 Å². The van der Waals surface area contributed by atoms with Gasteiger partial charge in [0.15, 0.2) is 0 Å². The summed E-state index contributed by atoms with van der Waals surface area (Å²) in [7, 11) is 0. The summed E-state index contributed by atoms with van der Waals surface area (Å²) in [6.45, 7) is 3.62. The Morgan fingerprint density at radius 2 is 2.00 bits per heavy atom. The average molecular weight is 339 g/mol. The minimum Gasteiger partial charge on any atom is -0.468 e. The van der Waals surface area contributed by atoms with E-state index in [1.54, 1.807) is 6.26 Å². The molecule has 0 N–H and O–H groups in total. The molecule has 2 aromatic heterocycles. The first-order valence-electron chi connectivity index (χ1n) is 9.27. The van der Waals surface area contributed by atoms with Crippen LogP contribution in [0.4, 0.5) is 0 Å². The van der Waals surface area contributed by atoms with Gasteiger partial charge in [0.25, 0.3) is 0 Å². The van der Waals surface area contributed by atoms with Gasteiger partial charge in [0.2, 0.25) is 5.91 Å². The number of furan rings is 1. The van der Waals surface area contributed by atoms with Gasteiger partial charge in [-0.1, -0.05) is 6.07 Å². The van der Waals surface area contributed by atoms with E-state index in [1.165, 1.54) is 0 Å². The smallest absolute Gasteiger partial charge is 0.226 e. The van der Waals surface area contributed by atoms with Crippen LogP contribution in [-0.4, -0.2) is 40.3 Å². The predicted octanol–water partition coefficient (Wildman–Crippen LogP) is 3.25. The molecule has 2 saturated heterocycles. The quantitative estimate of drug-likeness (QED) is 0.858. The highest BCUT2D eigenvalue weighted by atomic mass is 16.3. The lowest BCUT2D eigenvalue weighted by Crippen LogP contribution is -2.42. The van der Waals surface area contributed by atoms with Crippen molar-refractivity contribution in [2.24, 2.45) is 5.92 Å². The fraction of sp³-hybridized carbons (Fsp3) is 0.500. The summed E-state index contributed by atoms with van der Waals surface area (Å²) in [5.74, 6) is 1.47. The van der Waals surface area contributed by atoms with Crippen molar-refractivity contribution in [3.05, 3.63) is 54.2 Å². The van der Waals surface area contributed by atoms with E-state index >= 15 is 0 Å². The van der Waals surface area contributed by atoms with Gasteiger partial charge in [-0.05, 0) is 63.0 Å². The van der Waals surface area contributed by atoms with Gasteiger partial charge in [0, 0.05) is 18.7 Å². The third kappa shape index (κ3) is 3.61. The topological polar surface area (TPSA) is 49.6 Å². The Balaban J connectivity index is 1.35. The van der Waals surface area contributed by atoms with Gasteiger partial charge in [0.1, 0.15) is 5.76 Å². The molecule has 0 aromatic carbocycles. The molecule has 2 fully saturated rings. The van der Waals surface area contributed by atoms with E-state index in [4.69, 9.17) is 4.42 Å². The average Bonchev–Trinajstić information content (AvgIpc) is 3.34. The summed E-state index contributed by atoms with van der Waals surface area (Å²) < 4.78 is 5.43. The number of amides is 1. The SMILES string of the molecule is O=C(C1CCN(Cc2ccco2)CC1)N1CCC[C@@H]1c1ccccn1. The van der Waals surface area contributed by atoms with Crippen molar-refractivity contribution in [3.63, 3.8) is 0 Å². The molecule has 4 heterocycles. The van der Waals surface area contributed by atoms with E-state index in [1.807, 2.05) is 36.5 Å². The Kier molecular flexibility index (Phi) is 4.83. The van der Waals surface area contributed by atoms with Gasteiger partial charge < -0.3 is 9.32 Å². The maximum atomic E-state index is 13.1. The van der Waals surface area contributed by atoms with Gasteiger partial charge in [-0.2, -0.15) is 0 Å². The number of carbonyl (C=O) groups excluding carboxylic acids is 1. The molecule has 1 atom stereocenters. The third-order valence-corrected chi connectivity index (χ3v) is 5.46. The molecule has 2 aliphatic heterocycles. The molecule has 2 aliphatic rings. The number of pyridine rings is 1. The molecular weight excluding hydrogens is 314 g/mol. The molecule has 0 bridgehead atoms. The van der Waals surface area contributed by atoms with Crippen LogP contribution in [0.2, 0.25) is 0 Å². The van der Waals surface area contributed by atoms with Crippen LogP contribution in [0.3, 0.4) is 0 Å². The van der Waals surface area contributed by atoms with E-state index in [0.717, 1.165) is 63.3 Å². The van der Waals surface area contributed by atoms with Crippen LogP contribution in [0, 0.1) is 5.92 Å². The molecule has 0 radical (unpaired) electrons. The number of hydrogen-bond donors (Lipinski definition) is 0. The van der Waals surface area contributed by atoms with E-state index in [9.17, 15) is 4.79 Å². The van der Waals surface area contributed by atoms with Crippen molar-refractivity contribution in [3.8, 4) is 0 Å². The van der Waals surface area contributed by atoms with Crippen LogP contribution in [0.1, 0.15) is 43.2 Å². The van der Waals surface area contributed by atoms with Crippen molar-refractivity contribution in [1.82, 2.24) is 14.8 Å². The molecule has 25 heavy (non-hydrogen) atoms. The molecule has 1 amide bonds. The molecule has 0 unspecified atom stereocenters. The highest BCUT2D eigenvalue weighted by molar-refractivity contribution is 5.79. The number of aromatic nitrogens is 1. The second-order valence-corrected chi connectivity index (χ2v) is 7.07. The number of carbonyl (C=O) groups is 1. The van der Waals surface area contributed by atoms with Crippen LogP contribution < -0.4 is 0 Å². The minimum atomic E-state index is 0.150. The van der Waals surface area contributed by atoms with Gasteiger partial charge in [-0.3, -0.25) is 14.7 Å². The second kappa shape index (κ2) is 7.40. The van der Waals surface area contributed by atoms with Crippen LogP contribution in [0.25, 0.3) is 0 Å². The Morgan fingerprint density at radius 3 is 2.72 bits per heavy atom. The molecule has 0 saturated carbocycles. The van der Waals surface area contributed by atoms with E-state index in [2.05, 4.69) is 14.8 Å². The van der Waals surface area contributed by atoms with Crippen molar-refractivity contribution < 1.29 is 9.21 Å². The van der Waals surface area contributed by atoms with Gasteiger partial charge >= 0.3 is 0 Å². The van der Waals surface area contributed by atoms with E-state index in [-0.39, 0.29) is 12.0 Å². The predicted molar refractivity (Wildman–Crippen MR) is 94.6 cm³/mol. The van der Waals surface area contributed by atoms with Crippen molar-refractivity contribution in [2.45, 2.75) is 38.3 Å². The lowest BCUT2D eigenvalue weighted by Gasteiger charge is -2.34. The number of piperidine rings is 1. The summed E-state index contributed by atoms with van der Waals surface area (Å²) in [5.41, 5.74) is 1.03. The number of rotatable bonds is 4. The fourth-order valence-electron chi connectivity index (χ4n) is 4.11. The summed E-state index contributed by atoms with van der Waals surface area (Å²) in [4.78, 5) is 22.0. The first kappa shape index (κ1) is 16.3. The van der Waals surface area contributed by atoms with Gasteiger partial charge in [-0.15, -0.1) is 0 Å². The lowest BCUT2D eigenvalue weighted by atomic mass is 9.94. The van der Waals surface area contributed by atoms with Crippen molar-refractivity contribution in [2.75, 3.05) is 19.6 Å². The normalized spacial score (nSPS) is 22.4. The highest BCUT2D eigenvalue weighted by Gasteiger charge is 2.35. The number of nitrogens with zero attached hydrogens (tertiary/aromatic N) is 3. The summed E-state index contributed by atoms with van der Waals surface area (Å²) in [6, 6.07) is 10.1. The monoisotopic (exact) mass is 339 g/mol. The van der Waals surface area contributed by atoms with Crippen LogP contribution in [0.5, 0.6) is 0 Å². The molecule has 2 aromatic rings. The zero-order chi connectivity index (χ0) is 17.1. The zero-order valence-electron chi connectivity index (χ0n) is 14.5. The summed E-state index contributed by atoms with van der Waals surface area (Å²) in [6.07, 6.45) is 7.51. The molecule has 0 spiro atoms. The maximum Gasteiger partial charge on any atom is 0.226 e. The van der Waals surface area contributed by atoms with Crippen molar-refractivity contribution >= 4 is 5.91 Å². The highest BCUT2D eigenvalue weighted by Crippen LogP contribution is 2.33. The number of hydrogen-bond acceptors (Lipinski definition) is 4. The van der Waals surface area contributed by atoms with Crippen molar-refractivity contribution in [1.29, 1.82) is 0 Å². The largest absolute Gasteiger partial charge is 0.468 e. The molecule has 5 heteroatoms. The first-order chi connectivity index (χ1) is 12.3. The van der Waals surface area contributed by atoms with Gasteiger partial charge in [0.05, 0.1) is 24.5 Å². The Labute approximate surface area is 148 Å². The third-order valence-electron chi connectivity index (χ3n) is 5.46. The zero-order valence-corrected chi connectivity index (χ0v) is 14.5. The molecule has 132 valence electrons. The lowest BCUT2D eigenvalue weighted by molar-refractivity contribution is -0.138. The Hall–Kier alpha value is -2.14. The minimum absolute atomic E-state index is 0.150. The molecule has 5 nitrogen and oxygen atoms in total. The second-order valence-electron chi connectivity index (χ2n) is 7.07. The van der Waals surface area contributed by atoms with Crippen LogP contribution in [0.15, 0.2) is 47.2 Å². The molecule has 0 aliphatic carbocycles. The Morgan fingerprint density at radius 1 is 1.12 bits per heavy atom. The fourth-order valence-corrected chi connectivity index (χ4v) is 4.11. The summed E-state index contributed by atoms with van der Waals surface area (Å²) in [5, 5.41) is 0. The Bertz CT molecular complexity index is 678. The first-order valence-corrected chi connectivity index (χ1v) is 9.27. The van der Waals surface area contributed by atoms with E-state index in [0.29, 0.717) is 5.91 Å². The number of likely N-dealkylation sites (tertiary alicyclic amines) is 2. The molecular formula is C20H25N3O2. The van der Waals surface area contributed by atoms with Gasteiger partial charge in [-0.25, -0.2) is 0 Å². The standard InChI is InChI=1S/C20H25N3O2/c24-20(23-11-3-7-19(23)18-6-1-2-10-21-18)16-8-12-22(13-9-16)15-17-5-4-14-25-17/h1-2,4-6,10,14,16,19H,3,7-9,11-13,15H2/t19-/m1/s1. The summed E-state index contributed by atoms with van der Waals surface area (Å²) >= 11 is 0. The molecule has 4 rings (SSSR count). The van der Waals surface area contributed by atoms with Crippen LogP contribution >= 0.6 is 0 Å².